The molecule has 3 aromatic rings. The van der Waals surface area contributed by atoms with E-state index in [4.69, 9.17) is 4.74 Å². The molecule has 152 valence electrons. The SMILES string of the molecule is COc1cc(S(C)(=O)=O)ccc1N1CCc2[nH]c(-c3c(F)cccc3F)cc2C1. The summed E-state index contributed by atoms with van der Waals surface area (Å²) in [6, 6.07) is 10.4. The fourth-order valence-electron chi connectivity index (χ4n) is 3.68. The Hall–Kier alpha value is -2.87. The van der Waals surface area contributed by atoms with Gasteiger partial charge in [-0.3, -0.25) is 0 Å². The molecule has 1 N–H and O–H groups in total. The number of hydrogen-bond donors (Lipinski definition) is 1. The molecule has 8 heteroatoms. The number of H-pyrrole nitrogens is 1. The molecule has 29 heavy (non-hydrogen) atoms. The number of fused-ring (bicyclic) bond motifs is 1. The number of nitrogens with zero attached hydrogens (tertiary/aromatic N) is 1. The van der Waals surface area contributed by atoms with Crippen molar-refractivity contribution in [2.75, 3.05) is 24.8 Å². The van der Waals surface area contributed by atoms with Gasteiger partial charge in [0, 0.05) is 37.5 Å². The maximum atomic E-state index is 14.1. The third kappa shape index (κ3) is 3.60. The van der Waals surface area contributed by atoms with Crippen molar-refractivity contribution in [2.24, 2.45) is 0 Å². The van der Waals surface area contributed by atoms with Crippen LogP contribution < -0.4 is 9.64 Å². The van der Waals surface area contributed by atoms with Crippen LogP contribution in [-0.2, 0) is 22.8 Å². The number of halogens is 2. The molecule has 0 amide bonds. The molecule has 0 saturated heterocycles. The second kappa shape index (κ2) is 7.18. The molecule has 0 unspecified atom stereocenters. The monoisotopic (exact) mass is 418 g/mol. The number of hydrogen-bond acceptors (Lipinski definition) is 4. The second-order valence-corrected chi connectivity index (χ2v) is 9.08. The number of sulfone groups is 1. The Balaban J connectivity index is 1.67. The van der Waals surface area contributed by atoms with Gasteiger partial charge in [-0.15, -0.1) is 0 Å². The normalized spacial score (nSPS) is 14.0. The number of anilines is 1. The molecule has 0 spiro atoms. The summed E-state index contributed by atoms with van der Waals surface area (Å²) in [4.78, 5) is 5.39. The minimum Gasteiger partial charge on any atom is -0.495 e. The molecule has 4 rings (SSSR count). The van der Waals surface area contributed by atoms with Crippen molar-refractivity contribution in [1.29, 1.82) is 0 Å². The smallest absolute Gasteiger partial charge is 0.175 e. The molecular formula is C21H20F2N2O3S. The summed E-state index contributed by atoms with van der Waals surface area (Å²) in [6.45, 7) is 1.16. The molecular weight excluding hydrogens is 398 g/mol. The average molecular weight is 418 g/mol. The predicted octanol–water partition coefficient (Wildman–Crippen LogP) is 3.93. The van der Waals surface area contributed by atoms with E-state index in [1.807, 2.05) is 0 Å². The number of nitrogens with one attached hydrogen (secondary N) is 1. The first-order valence-corrected chi connectivity index (χ1v) is 11.0. The number of ether oxygens (including phenoxy) is 1. The van der Waals surface area contributed by atoms with E-state index < -0.39 is 21.5 Å². The van der Waals surface area contributed by atoms with Crippen LogP contribution >= 0.6 is 0 Å². The van der Waals surface area contributed by atoms with Crippen LogP contribution in [0.25, 0.3) is 11.3 Å². The lowest BCUT2D eigenvalue weighted by Gasteiger charge is -2.30. The zero-order chi connectivity index (χ0) is 20.8. The van der Waals surface area contributed by atoms with Gasteiger partial charge < -0.3 is 14.6 Å². The van der Waals surface area contributed by atoms with Gasteiger partial charge in [-0.1, -0.05) is 6.07 Å². The van der Waals surface area contributed by atoms with Crippen LogP contribution in [0.5, 0.6) is 5.75 Å². The highest BCUT2D eigenvalue weighted by atomic mass is 32.2. The summed E-state index contributed by atoms with van der Waals surface area (Å²) in [6.07, 6.45) is 1.81. The molecule has 0 saturated carbocycles. The van der Waals surface area contributed by atoms with Crippen molar-refractivity contribution in [3.8, 4) is 17.0 Å². The molecule has 5 nitrogen and oxygen atoms in total. The van der Waals surface area contributed by atoms with Gasteiger partial charge in [0.1, 0.15) is 17.4 Å². The van der Waals surface area contributed by atoms with Crippen LogP contribution in [0.2, 0.25) is 0 Å². The van der Waals surface area contributed by atoms with Crippen molar-refractivity contribution in [3.05, 3.63) is 65.4 Å². The number of aromatic amines is 1. The molecule has 2 heterocycles. The number of aromatic nitrogens is 1. The van der Waals surface area contributed by atoms with Gasteiger partial charge >= 0.3 is 0 Å². The predicted molar refractivity (Wildman–Crippen MR) is 107 cm³/mol. The lowest BCUT2D eigenvalue weighted by molar-refractivity contribution is 0.412. The van der Waals surface area contributed by atoms with Gasteiger partial charge in [-0.05, 0) is 35.9 Å². The van der Waals surface area contributed by atoms with Crippen LogP contribution in [0, 0.1) is 11.6 Å². The third-order valence-electron chi connectivity index (χ3n) is 5.14. The average Bonchev–Trinajstić information content (AvgIpc) is 3.09. The standard InChI is InChI=1S/C21H20F2N2O3S/c1-28-20-11-14(29(2,26)27)6-7-19(20)25-9-8-17-13(12-25)10-18(24-17)21-15(22)4-3-5-16(21)23/h3-7,10-11,24H,8-9,12H2,1-2H3. The lowest BCUT2D eigenvalue weighted by atomic mass is 10.1. The Bertz CT molecular complexity index is 1170. The number of rotatable bonds is 4. The Morgan fingerprint density at radius 2 is 1.83 bits per heavy atom. The van der Waals surface area contributed by atoms with E-state index in [1.54, 1.807) is 18.2 Å². The Kier molecular flexibility index (Phi) is 4.82. The van der Waals surface area contributed by atoms with E-state index >= 15 is 0 Å². The Morgan fingerprint density at radius 1 is 1.10 bits per heavy atom. The van der Waals surface area contributed by atoms with E-state index in [2.05, 4.69) is 9.88 Å². The zero-order valence-electron chi connectivity index (χ0n) is 16.0. The van der Waals surface area contributed by atoms with E-state index in [1.165, 1.54) is 31.4 Å². The molecule has 1 aliphatic heterocycles. The van der Waals surface area contributed by atoms with Gasteiger partial charge in [0.25, 0.3) is 0 Å². The highest BCUT2D eigenvalue weighted by Gasteiger charge is 2.24. The van der Waals surface area contributed by atoms with Gasteiger partial charge in [-0.25, -0.2) is 17.2 Å². The number of benzene rings is 2. The highest BCUT2D eigenvalue weighted by Crippen LogP contribution is 2.36. The summed E-state index contributed by atoms with van der Waals surface area (Å²) < 4.78 is 57.3. The molecule has 0 atom stereocenters. The van der Waals surface area contributed by atoms with E-state index in [9.17, 15) is 17.2 Å². The van der Waals surface area contributed by atoms with Crippen molar-refractivity contribution in [3.63, 3.8) is 0 Å². The first kappa shape index (κ1) is 19.4. The quantitative estimate of drug-likeness (QED) is 0.697. The van der Waals surface area contributed by atoms with Crippen molar-refractivity contribution >= 4 is 15.5 Å². The number of methoxy groups -OCH3 is 1. The van der Waals surface area contributed by atoms with Crippen LogP contribution in [-0.4, -0.2) is 33.3 Å². The third-order valence-corrected chi connectivity index (χ3v) is 6.25. The lowest BCUT2D eigenvalue weighted by Crippen LogP contribution is -2.30. The van der Waals surface area contributed by atoms with Gasteiger partial charge in [0.15, 0.2) is 9.84 Å². The maximum absolute atomic E-state index is 14.1. The summed E-state index contributed by atoms with van der Waals surface area (Å²) in [5.74, 6) is -0.760. The largest absolute Gasteiger partial charge is 0.495 e. The summed E-state index contributed by atoms with van der Waals surface area (Å²) >= 11 is 0. The molecule has 1 aliphatic rings. The van der Waals surface area contributed by atoms with Crippen LogP contribution in [0.3, 0.4) is 0 Å². The molecule has 1 aromatic heterocycles. The molecule has 0 fully saturated rings. The molecule has 0 bridgehead atoms. The summed E-state index contributed by atoms with van der Waals surface area (Å²) in [5.41, 5.74) is 2.98. The van der Waals surface area contributed by atoms with Crippen LogP contribution in [0.4, 0.5) is 14.5 Å². The molecule has 0 aliphatic carbocycles. The topological polar surface area (TPSA) is 62.4 Å². The van der Waals surface area contributed by atoms with E-state index in [0.717, 1.165) is 23.2 Å². The fourth-order valence-corrected chi connectivity index (χ4v) is 4.32. The minimum atomic E-state index is -3.34. The van der Waals surface area contributed by atoms with Crippen LogP contribution in [0.1, 0.15) is 11.3 Å². The first-order chi connectivity index (χ1) is 13.8. The van der Waals surface area contributed by atoms with Crippen molar-refractivity contribution in [2.45, 2.75) is 17.9 Å². The van der Waals surface area contributed by atoms with Gasteiger partial charge in [-0.2, -0.15) is 0 Å². The zero-order valence-corrected chi connectivity index (χ0v) is 16.8. The highest BCUT2D eigenvalue weighted by molar-refractivity contribution is 7.90. The molecule has 0 radical (unpaired) electrons. The summed E-state index contributed by atoms with van der Waals surface area (Å²) in [5, 5.41) is 0. The van der Waals surface area contributed by atoms with Crippen molar-refractivity contribution < 1.29 is 21.9 Å². The van der Waals surface area contributed by atoms with Gasteiger partial charge in [0.2, 0.25) is 0 Å². The Labute approximate surface area is 167 Å². The first-order valence-electron chi connectivity index (χ1n) is 9.06. The van der Waals surface area contributed by atoms with Gasteiger partial charge in [0.05, 0.1) is 29.0 Å². The molecule has 2 aromatic carbocycles. The summed E-state index contributed by atoms with van der Waals surface area (Å²) in [7, 11) is -1.85. The van der Waals surface area contributed by atoms with Crippen molar-refractivity contribution in [1.82, 2.24) is 4.98 Å². The van der Waals surface area contributed by atoms with Crippen LogP contribution in [0.15, 0.2) is 47.4 Å². The van der Waals surface area contributed by atoms with E-state index in [-0.39, 0.29) is 10.5 Å². The maximum Gasteiger partial charge on any atom is 0.175 e. The minimum absolute atomic E-state index is 0.0662. The fraction of sp³-hybridized carbons (Fsp3) is 0.238. The Morgan fingerprint density at radius 3 is 2.48 bits per heavy atom. The van der Waals surface area contributed by atoms with E-state index in [0.29, 0.717) is 31.0 Å². The second-order valence-electron chi connectivity index (χ2n) is 7.06.